The van der Waals surface area contributed by atoms with Crippen molar-refractivity contribution in [2.24, 2.45) is 5.92 Å². The topological polar surface area (TPSA) is 21.3 Å². The molecule has 2 atom stereocenters. The first-order valence-corrected chi connectivity index (χ1v) is 6.09. The zero-order valence-corrected chi connectivity index (χ0v) is 10.4. The minimum Gasteiger partial charge on any atom is -0.496 e. The van der Waals surface area contributed by atoms with E-state index in [1.54, 1.807) is 7.11 Å². The maximum atomic E-state index is 5.47. The smallest absolute Gasteiger partial charge is 0.122 e. The van der Waals surface area contributed by atoms with Gasteiger partial charge in [-0.05, 0) is 24.9 Å². The van der Waals surface area contributed by atoms with E-state index in [1.165, 1.54) is 12.0 Å². The Labute approximate surface area is 98.0 Å². The molecule has 1 fully saturated rings. The Morgan fingerprint density at radius 1 is 1.44 bits per heavy atom. The van der Waals surface area contributed by atoms with Crippen molar-refractivity contribution in [1.82, 2.24) is 5.32 Å². The number of hydrogen-bond acceptors (Lipinski definition) is 2. The van der Waals surface area contributed by atoms with Crippen molar-refractivity contribution in [3.05, 3.63) is 29.8 Å². The second-order valence-electron chi connectivity index (χ2n) is 4.74. The highest BCUT2D eigenvalue weighted by molar-refractivity contribution is 5.44. The van der Waals surface area contributed by atoms with Crippen LogP contribution in [0, 0.1) is 5.92 Å². The molecule has 1 saturated carbocycles. The van der Waals surface area contributed by atoms with Crippen molar-refractivity contribution in [2.45, 2.75) is 25.7 Å². The number of ether oxygens (including phenoxy) is 1. The van der Waals surface area contributed by atoms with Crippen molar-refractivity contribution in [3.8, 4) is 5.75 Å². The van der Waals surface area contributed by atoms with Crippen molar-refractivity contribution in [2.75, 3.05) is 20.2 Å². The monoisotopic (exact) mass is 219 g/mol. The molecule has 1 N–H and O–H groups in total. The average Bonchev–Trinajstić information content (AvgIpc) is 2.98. The molecule has 16 heavy (non-hydrogen) atoms. The molecule has 2 rings (SSSR count). The molecule has 0 amide bonds. The Bertz CT molecular complexity index is 364. The summed E-state index contributed by atoms with van der Waals surface area (Å²) in [7, 11) is 1.76. The summed E-state index contributed by atoms with van der Waals surface area (Å²) >= 11 is 0. The molecule has 0 aliphatic heterocycles. The standard InChI is InChI=1S/C14H21NO/c1-4-15-10-14(9-11(14)2)12-7-5-6-8-13(12)16-3/h5-8,11,15H,4,9-10H2,1-3H3. The SMILES string of the molecule is CCNCC1(c2ccccc2OC)CC1C. The van der Waals surface area contributed by atoms with Gasteiger partial charge in [-0.2, -0.15) is 0 Å². The number of nitrogens with one attached hydrogen (secondary N) is 1. The number of para-hydroxylation sites is 1. The number of methoxy groups -OCH3 is 1. The van der Waals surface area contributed by atoms with Crippen molar-refractivity contribution in [1.29, 1.82) is 0 Å². The van der Waals surface area contributed by atoms with Crippen LogP contribution >= 0.6 is 0 Å². The number of hydrogen-bond donors (Lipinski definition) is 1. The molecule has 2 nitrogen and oxygen atoms in total. The van der Waals surface area contributed by atoms with E-state index in [2.05, 4.69) is 37.4 Å². The molecular formula is C14H21NO. The van der Waals surface area contributed by atoms with Gasteiger partial charge in [0, 0.05) is 17.5 Å². The van der Waals surface area contributed by atoms with Gasteiger partial charge in [0.2, 0.25) is 0 Å². The Balaban J connectivity index is 2.27. The Kier molecular flexibility index (Phi) is 3.20. The van der Waals surface area contributed by atoms with Gasteiger partial charge in [-0.25, -0.2) is 0 Å². The molecule has 2 heteroatoms. The van der Waals surface area contributed by atoms with Crippen molar-refractivity contribution in [3.63, 3.8) is 0 Å². The van der Waals surface area contributed by atoms with Crippen LogP contribution in [0.5, 0.6) is 5.75 Å². The summed E-state index contributed by atoms with van der Waals surface area (Å²) in [6.45, 7) is 6.57. The molecule has 1 aliphatic carbocycles. The molecule has 0 heterocycles. The fourth-order valence-corrected chi connectivity index (χ4v) is 2.61. The summed E-state index contributed by atoms with van der Waals surface area (Å²) < 4.78 is 5.47. The first kappa shape index (κ1) is 11.5. The van der Waals surface area contributed by atoms with Gasteiger partial charge in [0.1, 0.15) is 5.75 Å². The van der Waals surface area contributed by atoms with Crippen molar-refractivity contribution >= 4 is 0 Å². The molecule has 0 spiro atoms. The fraction of sp³-hybridized carbons (Fsp3) is 0.571. The zero-order chi connectivity index (χ0) is 11.6. The molecule has 1 aromatic rings. The van der Waals surface area contributed by atoms with E-state index in [1.807, 2.05) is 6.07 Å². The molecule has 2 unspecified atom stereocenters. The van der Waals surface area contributed by atoms with Crippen LogP contribution in [0.2, 0.25) is 0 Å². The summed E-state index contributed by atoms with van der Waals surface area (Å²) in [6, 6.07) is 8.42. The Morgan fingerprint density at radius 3 is 2.69 bits per heavy atom. The van der Waals surface area contributed by atoms with Crippen LogP contribution in [-0.4, -0.2) is 20.2 Å². The molecule has 0 bridgehead atoms. The lowest BCUT2D eigenvalue weighted by Crippen LogP contribution is -2.28. The van der Waals surface area contributed by atoms with Crippen molar-refractivity contribution < 1.29 is 4.74 Å². The van der Waals surface area contributed by atoms with E-state index in [9.17, 15) is 0 Å². The van der Waals surface area contributed by atoms with Gasteiger partial charge in [-0.15, -0.1) is 0 Å². The third kappa shape index (κ3) is 1.82. The van der Waals surface area contributed by atoms with Gasteiger partial charge in [-0.1, -0.05) is 32.0 Å². The van der Waals surface area contributed by atoms with E-state index >= 15 is 0 Å². The third-order valence-electron chi connectivity index (χ3n) is 3.79. The van der Waals surface area contributed by atoms with Gasteiger partial charge >= 0.3 is 0 Å². The van der Waals surface area contributed by atoms with E-state index in [0.717, 1.165) is 24.8 Å². The van der Waals surface area contributed by atoms with E-state index in [0.29, 0.717) is 5.41 Å². The van der Waals surface area contributed by atoms with Crippen LogP contribution in [-0.2, 0) is 5.41 Å². The summed E-state index contributed by atoms with van der Waals surface area (Å²) in [5.41, 5.74) is 1.67. The Hall–Kier alpha value is -1.02. The van der Waals surface area contributed by atoms with Gasteiger partial charge < -0.3 is 10.1 Å². The van der Waals surface area contributed by atoms with Crippen LogP contribution in [0.1, 0.15) is 25.8 Å². The number of benzene rings is 1. The van der Waals surface area contributed by atoms with Gasteiger partial charge in [0.25, 0.3) is 0 Å². The minimum atomic E-state index is 0.308. The maximum absolute atomic E-state index is 5.47. The third-order valence-corrected chi connectivity index (χ3v) is 3.79. The van der Waals surface area contributed by atoms with E-state index in [-0.39, 0.29) is 0 Å². The van der Waals surface area contributed by atoms with Crippen LogP contribution in [0.25, 0.3) is 0 Å². The van der Waals surface area contributed by atoms with Crippen LogP contribution in [0.3, 0.4) is 0 Å². The lowest BCUT2D eigenvalue weighted by molar-refractivity contribution is 0.399. The lowest BCUT2D eigenvalue weighted by Gasteiger charge is -2.20. The first-order chi connectivity index (χ1) is 7.74. The minimum absolute atomic E-state index is 0.308. The molecule has 88 valence electrons. The molecule has 1 aliphatic rings. The zero-order valence-electron chi connectivity index (χ0n) is 10.4. The number of likely N-dealkylation sites (N-methyl/N-ethyl adjacent to an activating group) is 1. The highest BCUT2D eigenvalue weighted by Crippen LogP contribution is 2.55. The highest BCUT2D eigenvalue weighted by atomic mass is 16.5. The molecular weight excluding hydrogens is 198 g/mol. The summed E-state index contributed by atoms with van der Waals surface area (Å²) in [4.78, 5) is 0. The van der Waals surface area contributed by atoms with Gasteiger partial charge in [-0.3, -0.25) is 0 Å². The fourth-order valence-electron chi connectivity index (χ4n) is 2.61. The maximum Gasteiger partial charge on any atom is 0.122 e. The van der Waals surface area contributed by atoms with E-state index < -0.39 is 0 Å². The predicted octanol–water partition coefficient (Wildman–Crippen LogP) is 2.58. The summed E-state index contributed by atoms with van der Waals surface area (Å²) in [5, 5.41) is 3.48. The summed E-state index contributed by atoms with van der Waals surface area (Å²) in [5.74, 6) is 1.78. The van der Waals surface area contributed by atoms with Gasteiger partial charge in [0.15, 0.2) is 0 Å². The lowest BCUT2D eigenvalue weighted by atomic mass is 9.92. The predicted molar refractivity (Wildman–Crippen MR) is 67.0 cm³/mol. The van der Waals surface area contributed by atoms with E-state index in [4.69, 9.17) is 4.74 Å². The second kappa shape index (κ2) is 4.46. The molecule has 0 saturated heterocycles. The number of rotatable bonds is 5. The molecule has 1 aromatic carbocycles. The second-order valence-corrected chi connectivity index (χ2v) is 4.74. The van der Waals surface area contributed by atoms with Crippen LogP contribution < -0.4 is 10.1 Å². The average molecular weight is 219 g/mol. The first-order valence-electron chi connectivity index (χ1n) is 6.09. The largest absolute Gasteiger partial charge is 0.496 e. The van der Waals surface area contributed by atoms with Gasteiger partial charge in [0.05, 0.1) is 7.11 Å². The highest BCUT2D eigenvalue weighted by Gasteiger charge is 2.53. The normalized spacial score (nSPS) is 27.8. The molecule has 0 radical (unpaired) electrons. The quantitative estimate of drug-likeness (QED) is 0.822. The van der Waals surface area contributed by atoms with Crippen LogP contribution in [0.4, 0.5) is 0 Å². The summed E-state index contributed by atoms with van der Waals surface area (Å²) in [6.07, 6.45) is 1.26. The Morgan fingerprint density at radius 2 is 2.12 bits per heavy atom. The van der Waals surface area contributed by atoms with Crippen LogP contribution in [0.15, 0.2) is 24.3 Å². The molecule has 0 aromatic heterocycles.